The molecule has 36 nitrogen and oxygen atoms in total. The number of thiophene rings is 2. The van der Waals surface area contributed by atoms with Gasteiger partial charge in [0, 0.05) is 178 Å². The molecule has 4 unspecified atom stereocenters. The van der Waals surface area contributed by atoms with Gasteiger partial charge in [-0.05, 0) is 157 Å². The minimum Gasteiger partial charge on any atom is -0.481 e. The van der Waals surface area contributed by atoms with Crippen molar-refractivity contribution >= 4 is 176 Å². The molecule has 25 rings (SSSR count). The lowest BCUT2D eigenvalue weighted by molar-refractivity contribution is -0.141. The Labute approximate surface area is 851 Å². The summed E-state index contributed by atoms with van der Waals surface area (Å²) in [5, 5.41) is 57.8. The quantitative estimate of drug-likeness (QED) is 0.0456. The summed E-state index contributed by atoms with van der Waals surface area (Å²) in [4.78, 5) is 94.9. The number of rotatable bonds is 15. The van der Waals surface area contributed by atoms with E-state index in [0.717, 1.165) is 176 Å². The van der Waals surface area contributed by atoms with Crippen molar-refractivity contribution in [3.63, 3.8) is 0 Å². The summed E-state index contributed by atoms with van der Waals surface area (Å²) < 4.78 is 13.3. The van der Waals surface area contributed by atoms with Gasteiger partial charge < -0.3 is 69.4 Å². The first kappa shape index (κ1) is 95.3. The Balaban J connectivity index is 0.000000108. The van der Waals surface area contributed by atoms with Gasteiger partial charge in [0.15, 0.2) is 28.2 Å². The van der Waals surface area contributed by atoms with Crippen molar-refractivity contribution in [2.45, 2.75) is 68.9 Å². The molecule has 40 heteroatoms. The predicted molar refractivity (Wildman–Crippen MR) is 568 cm³/mol. The van der Waals surface area contributed by atoms with Crippen molar-refractivity contribution in [1.82, 2.24) is 119 Å². The largest absolute Gasteiger partial charge is 0.481 e. The zero-order valence-electron chi connectivity index (χ0n) is 78.5. The minimum absolute atomic E-state index is 0.0428. The zero-order valence-corrected chi connectivity index (χ0v) is 81.7. The van der Waals surface area contributed by atoms with E-state index in [9.17, 15) is 19.2 Å². The second-order valence-corrected chi connectivity index (χ2v) is 38.3. The highest BCUT2D eigenvalue weighted by Gasteiger charge is 2.33. The number of anilines is 5. The normalized spacial score (nSPS) is 16.4. The van der Waals surface area contributed by atoms with Crippen molar-refractivity contribution in [2.24, 2.45) is 0 Å². The van der Waals surface area contributed by atoms with Crippen molar-refractivity contribution < 1.29 is 34.1 Å². The molecule has 5 aliphatic heterocycles. The van der Waals surface area contributed by atoms with Gasteiger partial charge in [0.25, 0.3) is 11.8 Å². The number of carbonyl (C=O) groups is 4. The summed E-state index contributed by atoms with van der Waals surface area (Å²) >= 11 is 15.5. The molecule has 21 heterocycles. The number of nitrogens with one attached hydrogen (secondary N) is 3. The van der Waals surface area contributed by atoms with E-state index in [2.05, 4.69) is 97.8 Å². The summed E-state index contributed by atoms with van der Waals surface area (Å²) in [5.41, 5.74) is 53.9. The second kappa shape index (κ2) is 41.6. The number of halogens is 2. The smallest absolute Gasteiger partial charge is 0.320 e. The number of fused-ring (bicyclic) bond motifs is 8. The number of aromatic nitrogens is 19. The Morgan fingerprint density at radius 2 is 0.849 bits per heavy atom. The number of amides is 2. The summed E-state index contributed by atoms with van der Waals surface area (Å²) in [6.07, 6.45) is 27.2. The summed E-state index contributed by atoms with van der Waals surface area (Å²) in [7, 11) is 1.57. The van der Waals surface area contributed by atoms with Crippen LogP contribution in [0.3, 0.4) is 0 Å². The molecule has 0 aliphatic carbocycles. The minimum atomic E-state index is -0.818. The molecule has 2 amide bonds. The Hall–Kier alpha value is -16.9. The number of hydrogen-bond donors (Lipinski definition) is 10. The molecule has 0 saturated carbocycles. The molecule has 0 spiro atoms. The monoisotopic (exact) mass is 2020 g/mol. The Kier molecular flexibility index (Phi) is 27.2. The molecule has 146 heavy (non-hydrogen) atoms. The number of carboxylic acid groups (broad SMARTS) is 2. The number of carboxylic acids is 2. The number of nitrogens with zero attached hydrogens (tertiary/aromatic N) is 21. The Morgan fingerprint density at radius 3 is 1.27 bits per heavy atom. The van der Waals surface area contributed by atoms with Crippen molar-refractivity contribution in [3.8, 4) is 61.5 Å². The molecule has 20 aromatic rings. The van der Waals surface area contributed by atoms with E-state index in [1.807, 2.05) is 203 Å². The van der Waals surface area contributed by atoms with E-state index in [0.29, 0.717) is 132 Å². The summed E-state index contributed by atoms with van der Waals surface area (Å²) in [5.74, 6) is 1.64. The highest BCUT2D eigenvalue weighted by molar-refractivity contribution is 7.12. The van der Waals surface area contributed by atoms with Gasteiger partial charge in [0.1, 0.15) is 46.2 Å². The van der Waals surface area contributed by atoms with Gasteiger partial charge >= 0.3 is 11.9 Å². The molecule has 2 fully saturated rings. The van der Waals surface area contributed by atoms with Crippen molar-refractivity contribution in [1.29, 1.82) is 0 Å². The molecule has 2 saturated heterocycles. The lowest BCUT2D eigenvalue weighted by Gasteiger charge is -2.27. The van der Waals surface area contributed by atoms with Crippen LogP contribution in [-0.4, -0.2) is 208 Å². The van der Waals surface area contributed by atoms with Crippen LogP contribution in [0.2, 0.25) is 10.0 Å². The van der Waals surface area contributed by atoms with E-state index in [-0.39, 0.29) is 23.7 Å². The molecule has 4 aromatic carbocycles. The molecule has 16 aromatic heterocycles. The first-order chi connectivity index (χ1) is 71.1. The number of benzene rings is 4. The van der Waals surface area contributed by atoms with Crippen molar-refractivity contribution in [3.05, 3.63) is 309 Å². The number of ether oxygens (including phenoxy) is 1. The fourth-order valence-corrected chi connectivity index (χ4v) is 20.4. The Bertz CT molecular complexity index is 8500. The molecule has 732 valence electrons. The van der Waals surface area contributed by atoms with Gasteiger partial charge in [-0.2, -0.15) is 48.1 Å². The molecular weight excluding hydrogens is 1930 g/mol. The third-order valence-corrected chi connectivity index (χ3v) is 28.9. The topological polar surface area (TPSA) is 493 Å². The van der Waals surface area contributed by atoms with E-state index in [1.54, 1.807) is 60.7 Å². The van der Waals surface area contributed by atoms with Crippen LogP contribution in [0, 0.1) is 0 Å². The number of para-hydroxylation sites is 3. The molecule has 15 N–H and O–H groups in total. The maximum atomic E-state index is 12.7. The fraction of sp³-hybridized carbons (Fsp3) is 0.189. The molecule has 0 bridgehead atoms. The number of nitrogen functional groups attached to an aromatic ring is 5. The van der Waals surface area contributed by atoms with E-state index in [4.69, 9.17) is 91.7 Å². The zero-order chi connectivity index (χ0) is 100. The number of methoxy groups -OCH3 is 1. The predicted octanol–water partition coefficient (Wildman–Crippen LogP) is 16.4. The van der Waals surface area contributed by atoms with Crippen LogP contribution in [0.5, 0.6) is 5.88 Å². The van der Waals surface area contributed by atoms with Crippen LogP contribution in [-0.2, 0) is 9.59 Å². The van der Waals surface area contributed by atoms with Gasteiger partial charge in [-0.25, -0.2) is 29.9 Å². The molecule has 4 atom stereocenters. The molecule has 5 aliphatic rings. The number of pyridine rings is 4. The van der Waals surface area contributed by atoms with Crippen LogP contribution >= 0.6 is 45.9 Å². The SMILES string of the molecule is COc1cc(-c2cnn3c(N)cc(C4CCC(C(=O)O)NC4)nc23)ccn1.Nc1c(Cl)c(C2=CCN(C(=O)c3cccs3)CC2)nc2c(-c3cnc4ccccc4c3)cnn12.Nc1cc(C2=CCN(C(=O)c3cccs3)CC2)nc2c(-c3cnc4ccccc4c3)cnn12.Nc1cc(C2=CCNCC2)nc2c(-c3cnc4ccccc4c3)cnn12.Nc1cc(C2CCC(C(=O)O)NC2)nc2c(-c3ccc(Cl)cc3)cnn12. The molecule has 0 radical (unpaired) electrons. The average molecular weight is 2020 g/mol. The van der Waals surface area contributed by atoms with Crippen molar-refractivity contribution in [2.75, 3.05) is 88.1 Å². The van der Waals surface area contributed by atoms with E-state index >= 15 is 0 Å². The average Bonchev–Trinajstić information content (AvgIpc) is 1.65. The maximum Gasteiger partial charge on any atom is 0.320 e. The maximum absolute atomic E-state index is 12.7. The lowest BCUT2D eigenvalue weighted by atomic mass is 9.92. The highest BCUT2D eigenvalue weighted by Crippen LogP contribution is 2.40. The first-order valence-electron chi connectivity index (χ1n) is 47.2. The first-order valence-corrected chi connectivity index (χ1v) is 49.8. The van der Waals surface area contributed by atoms with Gasteiger partial charge in [-0.1, -0.05) is 120 Å². The van der Waals surface area contributed by atoms with Crippen LogP contribution in [0.15, 0.2) is 261 Å². The standard InChI is InChI=1S/C25H19ClN6OS.C25H20N6OS.C20H18N6.C18H18ClN5O2.C18H20N6O3/c26-21-22(15-7-9-31(10-8-15)25(33)20-6-3-11-34-20)30-24-18(14-29-32(24)23(21)27)17-12-16-4-1-2-5-19(16)28-13-17;26-23-13-21(16-7-9-30(10-8-16)25(32)22-6-3-11-33-22)29-24-19(15-28-31(23)24)18-12-17-4-1-2-5-20(17)27-14-18;21-19-10-18(13-5-7-22-8-6-13)25-20-16(12-24-26(19)20)15-9-14-3-1-2-4-17(14)23-11-15;19-12-4-1-10(2-5-12)13-9-22-24-16(20)7-15(23-17(13)24)11-3-6-14(18(25)26)21-8-11;1-27-16-6-10(4-5-20-16)12-9-22-24-15(19)7-14(23-17(12)24)11-2-3-13(18(25)26)21-8-11/h1-7,11-14H,8-10,27H2;1-7,11-15H,8-10,26H2;1-5,9-12,22H,6-8,21H2;1-2,4-5,7,9,11,14,21H,3,6,8,20H2,(H,25,26);4-7,9,11,13,21H,2-3,8,19H2,1H3,(H,25,26). The number of carbonyl (C=O) groups excluding carboxylic acids is 2. The lowest BCUT2D eigenvalue weighted by Crippen LogP contribution is -2.43. The number of hydrogen-bond acceptors (Lipinski definition) is 29. The van der Waals surface area contributed by atoms with Gasteiger partial charge in [-0.3, -0.25) is 34.1 Å². The van der Waals surface area contributed by atoms with Gasteiger partial charge in [0.2, 0.25) is 5.88 Å². The van der Waals surface area contributed by atoms with E-state index < -0.39 is 24.0 Å². The second-order valence-electron chi connectivity index (χ2n) is 35.6. The van der Waals surface area contributed by atoms with Gasteiger partial charge in [0.05, 0.1) is 92.9 Å². The molecular formula is C106H95Cl2N29O7S2. The van der Waals surface area contributed by atoms with Crippen LogP contribution in [0.4, 0.5) is 29.1 Å². The Morgan fingerprint density at radius 1 is 0.425 bits per heavy atom. The van der Waals surface area contributed by atoms with Crippen LogP contribution < -0.4 is 49.4 Å². The highest BCUT2D eigenvalue weighted by atomic mass is 35.5. The third kappa shape index (κ3) is 19.7. The van der Waals surface area contributed by atoms with Crippen LogP contribution in [0.1, 0.15) is 105 Å². The number of aliphatic carboxylic acids is 2. The summed E-state index contributed by atoms with van der Waals surface area (Å²) in [6.45, 7) is 5.22. The summed E-state index contributed by atoms with van der Waals surface area (Å²) in [6, 6.07) is 55.4. The third-order valence-electron chi connectivity index (χ3n) is 26.5. The number of nitrogens with two attached hydrogens (primary N) is 5. The van der Waals surface area contributed by atoms with E-state index in [1.165, 1.54) is 28.2 Å². The number of piperidine rings is 2. The van der Waals surface area contributed by atoms with Crippen LogP contribution in [0.25, 0.3) is 133 Å². The fourth-order valence-electron chi connectivity index (χ4n) is 18.7. The van der Waals surface area contributed by atoms with Gasteiger partial charge in [-0.15, -0.1) is 22.7 Å².